The lowest BCUT2D eigenvalue weighted by Crippen LogP contribution is -2.46. The van der Waals surface area contributed by atoms with Crippen molar-refractivity contribution in [3.8, 4) is 0 Å². The second kappa shape index (κ2) is 41.1. The SMILES string of the molecule is CC/C=C\C/C=C\C/C=C\C/C=C\CCCCCCCCCCC(=O)NC(COP(=O)(O)OCCN)C(O)CCCCCCCCCCCCCCCC. The third kappa shape index (κ3) is 38.7. The average Bonchev–Trinajstić information content (AvgIpc) is 3.16. The summed E-state index contributed by atoms with van der Waals surface area (Å²) in [6.07, 6.45) is 49.7. The Morgan fingerprint density at radius 1 is 0.630 bits per heavy atom. The van der Waals surface area contributed by atoms with Gasteiger partial charge in [0.15, 0.2) is 0 Å². The van der Waals surface area contributed by atoms with Crippen LogP contribution in [0.5, 0.6) is 0 Å². The van der Waals surface area contributed by atoms with Gasteiger partial charge in [0.1, 0.15) is 0 Å². The molecule has 5 N–H and O–H groups in total. The number of amides is 1. The number of phosphoric ester groups is 1. The molecule has 0 aromatic rings. The minimum absolute atomic E-state index is 0.0858. The molecule has 0 heterocycles. The number of allylic oxidation sites excluding steroid dienone is 8. The summed E-state index contributed by atoms with van der Waals surface area (Å²) in [4.78, 5) is 22.7. The number of hydrogen-bond acceptors (Lipinski definition) is 6. The first-order valence-corrected chi connectivity index (χ1v) is 23.7. The van der Waals surface area contributed by atoms with Crippen molar-refractivity contribution < 1.29 is 28.4 Å². The normalized spacial score (nSPS) is 14.5. The molecule has 0 saturated heterocycles. The molecule has 316 valence electrons. The van der Waals surface area contributed by atoms with Gasteiger partial charge in [0.2, 0.25) is 5.91 Å². The number of unbranched alkanes of at least 4 members (excludes halogenated alkanes) is 21. The van der Waals surface area contributed by atoms with Crippen LogP contribution in [0.4, 0.5) is 0 Å². The van der Waals surface area contributed by atoms with Crippen LogP contribution in [0.3, 0.4) is 0 Å². The Kier molecular flexibility index (Phi) is 39.9. The van der Waals surface area contributed by atoms with E-state index in [4.69, 9.17) is 14.8 Å². The van der Waals surface area contributed by atoms with Crippen LogP contribution < -0.4 is 11.1 Å². The zero-order chi connectivity index (χ0) is 39.6. The molecule has 0 aliphatic rings. The molecule has 0 fully saturated rings. The zero-order valence-electron chi connectivity index (χ0n) is 35.0. The Morgan fingerprint density at radius 3 is 1.57 bits per heavy atom. The third-order valence-electron chi connectivity index (χ3n) is 9.70. The molecule has 0 rings (SSSR count). The van der Waals surface area contributed by atoms with Gasteiger partial charge < -0.3 is 21.1 Å². The molecule has 0 saturated carbocycles. The highest BCUT2D eigenvalue weighted by atomic mass is 31.2. The first-order chi connectivity index (χ1) is 26.4. The van der Waals surface area contributed by atoms with Crippen molar-refractivity contribution in [2.75, 3.05) is 19.8 Å². The predicted molar refractivity (Wildman–Crippen MR) is 231 cm³/mol. The monoisotopic (exact) mass is 781 g/mol. The number of nitrogens with one attached hydrogen (secondary N) is 1. The summed E-state index contributed by atoms with van der Waals surface area (Å²) in [7, 11) is -4.32. The molecule has 54 heavy (non-hydrogen) atoms. The highest BCUT2D eigenvalue weighted by Gasteiger charge is 2.27. The van der Waals surface area contributed by atoms with Crippen molar-refractivity contribution >= 4 is 13.7 Å². The summed E-state index contributed by atoms with van der Waals surface area (Å²) in [5.74, 6) is -0.171. The van der Waals surface area contributed by atoms with Gasteiger partial charge in [-0.1, -0.05) is 191 Å². The zero-order valence-corrected chi connectivity index (χ0v) is 35.8. The molecule has 0 aliphatic heterocycles. The molecule has 0 aliphatic carbocycles. The number of aliphatic hydroxyl groups is 1. The van der Waals surface area contributed by atoms with Crippen LogP contribution in [0.15, 0.2) is 48.6 Å². The van der Waals surface area contributed by atoms with Gasteiger partial charge in [0, 0.05) is 13.0 Å². The molecule has 0 aromatic heterocycles. The summed E-state index contributed by atoms with van der Waals surface area (Å²) >= 11 is 0. The number of phosphoric acid groups is 1. The Labute approximate surface area is 332 Å². The van der Waals surface area contributed by atoms with E-state index in [2.05, 4.69) is 67.8 Å². The molecule has 0 spiro atoms. The van der Waals surface area contributed by atoms with E-state index in [1.54, 1.807) is 0 Å². The Balaban J connectivity index is 4.14. The number of hydrogen-bond donors (Lipinski definition) is 4. The minimum atomic E-state index is -4.32. The van der Waals surface area contributed by atoms with Gasteiger partial charge in [-0.3, -0.25) is 13.8 Å². The Morgan fingerprint density at radius 2 is 1.07 bits per heavy atom. The molecule has 1 amide bonds. The third-order valence-corrected chi connectivity index (χ3v) is 10.7. The quantitative estimate of drug-likeness (QED) is 0.0276. The van der Waals surface area contributed by atoms with Crippen LogP contribution in [0.2, 0.25) is 0 Å². The lowest BCUT2D eigenvalue weighted by molar-refractivity contribution is -0.123. The minimum Gasteiger partial charge on any atom is -0.391 e. The second-order valence-electron chi connectivity index (χ2n) is 14.9. The number of carbonyl (C=O) groups excluding carboxylic acids is 1. The molecule has 9 heteroatoms. The van der Waals surface area contributed by atoms with E-state index in [0.29, 0.717) is 12.8 Å². The van der Waals surface area contributed by atoms with E-state index in [1.165, 1.54) is 103 Å². The lowest BCUT2D eigenvalue weighted by atomic mass is 10.0. The number of rotatable bonds is 41. The van der Waals surface area contributed by atoms with E-state index in [9.17, 15) is 19.4 Å². The number of aliphatic hydroxyl groups excluding tert-OH is 1. The average molecular weight is 781 g/mol. The largest absolute Gasteiger partial charge is 0.472 e. The molecular formula is C45H85N2O6P. The van der Waals surface area contributed by atoms with Gasteiger partial charge in [-0.25, -0.2) is 4.57 Å². The van der Waals surface area contributed by atoms with Crippen molar-refractivity contribution in [1.82, 2.24) is 5.32 Å². The van der Waals surface area contributed by atoms with Crippen molar-refractivity contribution in [2.45, 2.75) is 212 Å². The van der Waals surface area contributed by atoms with Crippen LogP contribution in [-0.4, -0.2) is 47.8 Å². The fourth-order valence-electron chi connectivity index (χ4n) is 6.36. The van der Waals surface area contributed by atoms with E-state index in [0.717, 1.165) is 70.6 Å². The van der Waals surface area contributed by atoms with Gasteiger partial charge in [0.25, 0.3) is 0 Å². The van der Waals surface area contributed by atoms with Crippen molar-refractivity contribution in [3.05, 3.63) is 48.6 Å². The molecule has 8 nitrogen and oxygen atoms in total. The summed E-state index contributed by atoms with van der Waals surface area (Å²) in [5, 5.41) is 13.8. The first-order valence-electron chi connectivity index (χ1n) is 22.3. The fourth-order valence-corrected chi connectivity index (χ4v) is 7.12. The van der Waals surface area contributed by atoms with E-state index < -0.39 is 20.0 Å². The molecule has 3 unspecified atom stereocenters. The fraction of sp³-hybridized carbons (Fsp3) is 0.800. The van der Waals surface area contributed by atoms with Crippen LogP contribution >= 0.6 is 7.82 Å². The lowest BCUT2D eigenvalue weighted by Gasteiger charge is -2.25. The highest BCUT2D eigenvalue weighted by molar-refractivity contribution is 7.47. The summed E-state index contributed by atoms with van der Waals surface area (Å²) in [6, 6.07) is -0.780. The Bertz CT molecular complexity index is 985. The molecular weight excluding hydrogens is 695 g/mol. The maximum Gasteiger partial charge on any atom is 0.472 e. The van der Waals surface area contributed by atoms with Gasteiger partial charge in [0.05, 0.1) is 25.4 Å². The first kappa shape index (κ1) is 52.5. The summed E-state index contributed by atoms with van der Waals surface area (Å²) < 4.78 is 22.2. The summed E-state index contributed by atoms with van der Waals surface area (Å²) in [6.45, 7) is 4.09. The van der Waals surface area contributed by atoms with E-state index >= 15 is 0 Å². The molecule has 0 bridgehead atoms. The van der Waals surface area contributed by atoms with Crippen LogP contribution in [0, 0.1) is 0 Å². The van der Waals surface area contributed by atoms with Gasteiger partial charge in [-0.2, -0.15) is 0 Å². The van der Waals surface area contributed by atoms with Crippen LogP contribution in [-0.2, 0) is 18.4 Å². The highest BCUT2D eigenvalue weighted by Crippen LogP contribution is 2.43. The van der Waals surface area contributed by atoms with Crippen LogP contribution in [0.25, 0.3) is 0 Å². The van der Waals surface area contributed by atoms with Crippen molar-refractivity contribution in [1.29, 1.82) is 0 Å². The smallest absolute Gasteiger partial charge is 0.391 e. The number of carbonyl (C=O) groups is 1. The molecule has 0 radical (unpaired) electrons. The number of nitrogens with two attached hydrogens (primary N) is 1. The molecule has 3 atom stereocenters. The van der Waals surface area contributed by atoms with Crippen molar-refractivity contribution in [2.24, 2.45) is 5.73 Å². The second-order valence-corrected chi connectivity index (χ2v) is 16.3. The topological polar surface area (TPSA) is 131 Å². The molecule has 0 aromatic carbocycles. The standard InChI is InChI=1S/C45H85N2O6P/c1-3-5-7-9-11-13-15-17-19-20-21-22-23-24-25-27-29-31-33-35-37-39-45(49)47-43(42-53-54(50,51)52-41-40-46)44(48)38-36-34-32-30-28-26-18-16-14-12-10-8-6-4-2/h5,7,11,13,17,19,21-22,43-44,48H,3-4,6,8-10,12,14-16,18,20,23-42,46H2,1-2H3,(H,47,49)(H,50,51)/b7-5-,13-11-,19-17-,22-21-. The van der Waals surface area contributed by atoms with Crippen LogP contribution in [0.1, 0.15) is 200 Å². The van der Waals surface area contributed by atoms with Gasteiger partial charge in [-0.15, -0.1) is 0 Å². The maximum atomic E-state index is 12.8. The van der Waals surface area contributed by atoms with E-state index in [-0.39, 0.29) is 25.7 Å². The predicted octanol–water partition coefficient (Wildman–Crippen LogP) is 12.5. The van der Waals surface area contributed by atoms with Crippen molar-refractivity contribution in [3.63, 3.8) is 0 Å². The summed E-state index contributed by atoms with van der Waals surface area (Å²) in [5.41, 5.74) is 5.38. The van der Waals surface area contributed by atoms with E-state index in [1.807, 2.05) is 0 Å². The Hall–Kier alpha value is -1.54. The van der Waals surface area contributed by atoms with Gasteiger partial charge in [-0.05, 0) is 51.4 Å². The van der Waals surface area contributed by atoms with Gasteiger partial charge >= 0.3 is 7.82 Å². The maximum absolute atomic E-state index is 12.8.